The average Bonchev–Trinajstić information content (AvgIpc) is 3.45. The number of nitrogens with zero attached hydrogens (tertiary/aromatic N) is 5. The summed E-state index contributed by atoms with van der Waals surface area (Å²) in [5, 5.41) is 20.4. The van der Waals surface area contributed by atoms with E-state index < -0.39 is 52.3 Å². The van der Waals surface area contributed by atoms with Gasteiger partial charge in [-0.1, -0.05) is 29.8 Å². The van der Waals surface area contributed by atoms with Crippen LogP contribution in [0.25, 0.3) is 16.9 Å². The zero-order chi connectivity index (χ0) is 34.6. The van der Waals surface area contributed by atoms with Gasteiger partial charge in [0.1, 0.15) is 12.6 Å². The maximum atomic E-state index is 13.5. The lowest BCUT2D eigenvalue weighted by Crippen LogP contribution is -2.45. The number of piperidine rings is 1. The summed E-state index contributed by atoms with van der Waals surface area (Å²) in [6.07, 6.45) is -6.18. The second-order valence-corrected chi connectivity index (χ2v) is 13.3. The highest BCUT2D eigenvalue weighted by atomic mass is 32.2. The van der Waals surface area contributed by atoms with Gasteiger partial charge in [0.25, 0.3) is 16.8 Å². The van der Waals surface area contributed by atoms with E-state index in [4.69, 9.17) is 14.3 Å². The normalized spacial score (nSPS) is 16.0. The summed E-state index contributed by atoms with van der Waals surface area (Å²) in [6, 6.07) is 12.4. The molecule has 1 aromatic heterocycles. The molecule has 0 radical (unpaired) electrons. The fourth-order valence-electron chi connectivity index (χ4n) is 4.35. The van der Waals surface area contributed by atoms with Gasteiger partial charge < -0.3 is 19.5 Å². The molecule has 1 fully saturated rings. The Balaban J connectivity index is 1.38. The number of hydrogen-bond acceptors (Lipinski definition) is 10. The minimum absolute atomic E-state index is 0.109. The molecule has 0 saturated carbocycles. The molecular formula is C29H33F3N6O8S. The summed E-state index contributed by atoms with van der Waals surface area (Å²) >= 11 is 0. The minimum Gasteiger partial charge on any atom is -0.569 e. The molecule has 1 aliphatic heterocycles. The highest BCUT2D eigenvalue weighted by Crippen LogP contribution is 2.33. The number of hydrazine groups is 1. The van der Waals surface area contributed by atoms with Crippen molar-refractivity contribution in [2.45, 2.75) is 57.7 Å². The van der Waals surface area contributed by atoms with Crippen LogP contribution in [0, 0.1) is 17.5 Å². The van der Waals surface area contributed by atoms with Crippen molar-refractivity contribution < 1.29 is 50.5 Å². The van der Waals surface area contributed by atoms with E-state index >= 15 is 0 Å². The maximum Gasteiger partial charge on any atom is 0.435 e. The summed E-state index contributed by atoms with van der Waals surface area (Å²) < 4.78 is 79.2. The largest absolute Gasteiger partial charge is 0.569 e. The number of alkyl halides is 3. The van der Waals surface area contributed by atoms with Crippen LogP contribution in [0.15, 0.2) is 64.8 Å². The highest BCUT2D eigenvalue weighted by molar-refractivity contribution is 7.90. The van der Waals surface area contributed by atoms with Gasteiger partial charge in [0.15, 0.2) is 5.69 Å². The van der Waals surface area contributed by atoms with E-state index in [1.165, 1.54) is 12.1 Å². The third-order valence-electron chi connectivity index (χ3n) is 6.81. The van der Waals surface area contributed by atoms with Crippen LogP contribution < -0.4 is 4.72 Å². The Labute approximate surface area is 268 Å². The minimum atomic E-state index is -4.72. The number of sulfonamides is 1. The number of aromatic nitrogens is 2. The Kier molecular flexibility index (Phi) is 10.3. The summed E-state index contributed by atoms with van der Waals surface area (Å²) in [5.41, 5.74) is -0.254. The van der Waals surface area contributed by atoms with Crippen molar-refractivity contribution in [1.82, 2.24) is 19.5 Å². The molecule has 2 heterocycles. The number of aryl methyl sites for hydroxylation is 1. The molecule has 0 spiro atoms. The molecule has 1 amide bonds. The number of carbonyl (C=O) groups excluding carboxylic acids is 2. The lowest BCUT2D eigenvalue weighted by Gasteiger charge is -2.28. The SMILES string of the molecule is Cc1ccc(-c2cc(C(F)(F)F)nn2-c2ccc(S(=O)(=O)NC(=O)OC3CCCN(/[N+]([O-])=N/OCOC(=O)C(C)(C)C)C3)cc2)cc1. The lowest BCUT2D eigenvalue weighted by atomic mass is 9.98. The number of carbonyl (C=O) groups is 2. The number of esters is 1. The molecule has 1 atom stereocenters. The highest BCUT2D eigenvalue weighted by Gasteiger charge is 2.35. The van der Waals surface area contributed by atoms with Crippen molar-refractivity contribution in [3.63, 3.8) is 0 Å². The number of nitrogens with one attached hydrogen (secondary N) is 1. The van der Waals surface area contributed by atoms with E-state index in [2.05, 4.69) is 10.4 Å². The van der Waals surface area contributed by atoms with Gasteiger partial charge in [0, 0.05) is 5.56 Å². The Morgan fingerprint density at radius 1 is 1.11 bits per heavy atom. The predicted octanol–water partition coefficient (Wildman–Crippen LogP) is 5.10. The lowest BCUT2D eigenvalue weighted by molar-refractivity contribution is -0.714. The summed E-state index contributed by atoms with van der Waals surface area (Å²) in [5.74, 6) is -0.557. The molecule has 3 aromatic rings. The molecule has 47 heavy (non-hydrogen) atoms. The Morgan fingerprint density at radius 2 is 1.77 bits per heavy atom. The number of hydrogen-bond donors (Lipinski definition) is 1. The van der Waals surface area contributed by atoms with Crippen molar-refractivity contribution in [3.05, 3.63) is 71.1 Å². The maximum absolute atomic E-state index is 13.5. The van der Waals surface area contributed by atoms with Crippen molar-refractivity contribution in [2.75, 3.05) is 19.9 Å². The molecule has 254 valence electrons. The first-order valence-corrected chi connectivity index (χ1v) is 15.7. The number of halogens is 3. The Bertz CT molecular complexity index is 1720. The van der Waals surface area contributed by atoms with Crippen molar-refractivity contribution >= 4 is 22.1 Å². The summed E-state index contributed by atoms with van der Waals surface area (Å²) in [6.45, 7) is 6.26. The summed E-state index contributed by atoms with van der Waals surface area (Å²) in [4.78, 5) is 28.7. The van der Waals surface area contributed by atoms with Gasteiger partial charge in [-0.3, -0.25) is 4.79 Å². The van der Waals surface area contributed by atoms with Crippen molar-refractivity contribution in [2.24, 2.45) is 10.7 Å². The topological polar surface area (TPSA) is 167 Å². The van der Waals surface area contributed by atoms with E-state index in [0.29, 0.717) is 18.4 Å². The average molecular weight is 683 g/mol. The first kappa shape index (κ1) is 35.0. The van der Waals surface area contributed by atoms with Crippen LogP contribution in [0.3, 0.4) is 0 Å². The van der Waals surface area contributed by atoms with Gasteiger partial charge in [0.2, 0.25) is 5.28 Å². The molecule has 1 saturated heterocycles. The summed E-state index contributed by atoms with van der Waals surface area (Å²) in [7, 11) is -4.46. The molecule has 14 nitrogen and oxygen atoms in total. The number of ether oxygens (including phenoxy) is 2. The van der Waals surface area contributed by atoms with E-state index in [-0.39, 0.29) is 34.3 Å². The first-order valence-electron chi connectivity index (χ1n) is 14.2. The smallest absolute Gasteiger partial charge is 0.435 e. The zero-order valence-corrected chi connectivity index (χ0v) is 26.7. The van der Waals surface area contributed by atoms with E-state index in [1.807, 2.05) is 6.92 Å². The fraction of sp³-hybridized carbons (Fsp3) is 0.414. The standard InChI is InChI=1S/C29H33F3N6O8S/c1-19-7-9-20(10-8-19)24-16-25(29(30,31)32)33-37(24)21-11-13-23(14-12-21)47(42,43)34-27(40)46-22-6-5-15-36(17-22)38(41)35-45-18-44-26(39)28(2,3)4/h7-14,16,22H,5-6,15,17-18H2,1-4H3,(H,34,40)/b38-35-. The van der Waals surface area contributed by atoms with Gasteiger partial charge >= 0.3 is 18.2 Å². The van der Waals surface area contributed by atoms with E-state index in [1.54, 1.807) is 49.8 Å². The quantitative estimate of drug-likeness (QED) is 0.0801. The fourth-order valence-corrected chi connectivity index (χ4v) is 5.23. The molecule has 0 aliphatic carbocycles. The van der Waals surface area contributed by atoms with Gasteiger partial charge in [-0.2, -0.15) is 18.3 Å². The monoisotopic (exact) mass is 682 g/mol. The number of amides is 1. The van der Waals surface area contributed by atoms with Crippen LogP contribution in [-0.4, -0.2) is 66.2 Å². The molecule has 4 rings (SSSR count). The predicted molar refractivity (Wildman–Crippen MR) is 158 cm³/mol. The van der Waals surface area contributed by atoms with Gasteiger partial charge in [-0.05, 0) is 70.9 Å². The van der Waals surface area contributed by atoms with Crippen LogP contribution in [0.4, 0.5) is 18.0 Å². The number of benzene rings is 2. The van der Waals surface area contributed by atoms with Crippen LogP contribution in [0.1, 0.15) is 44.9 Å². The molecule has 1 N–H and O–H groups in total. The Morgan fingerprint density at radius 3 is 2.38 bits per heavy atom. The molecule has 1 unspecified atom stereocenters. The molecule has 0 bridgehead atoms. The van der Waals surface area contributed by atoms with Crippen LogP contribution in [0.2, 0.25) is 0 Å². The molecule has 1 aliphatic rings. The molecule has 2 aromatic carbocycles. The van der Waals surface area contributed by atoms with Gasteiger partial charge in [-0.15, -0.1) is 5.01 Å². The second kappa shape index (κ2) is 13.9. The first-order chi connectivity index (χ1) is 21.9. The van der Waals surface area contributed by atoms with Crippen LogP contribution in [0.5, 0.6) is 0 Å². The Hall–Kier alpha value is -4.87. The van der Waals surface area contributed by atoms with Crippen molar-refractivity contribution in [3.8, 4) is 16.9 Å². The second-order valence-electron chi connectivity index (χ2n) is 11.6. The van der Waals surface area contributed by atoms with Crippen LogP contribution >= 0.6 is 0 Å². The zero-order valence-electron chi connectivity index (χ0n) is 25.9. The third kappa shape index (κ3) is 9.11. The van der Waals surface area contributed by atoms with Gasteiger partial charge in [0.05, 0.1) is 33.2 Å². The molecule has 18 heteroatoms. The third-order valence-corrected chi connectivity index (χ3v) is 8.14. The van der Waals surface area contributed by atoms with Crippen LogP contribution in [-0.2, 0) is 35.3 Å². The van der Waals surface area contributed by atoms with E-state index in [0.717, 1.165) is 33.5 Å². The number of rotatable bonds is 9. The van der Waals surface area contributed by atoms with Gasteiger partial charge in [-0.25, -0.2) is 22.6 Å². The molecular weight excluding hydrogens is 649 g/mol. The van der Waals surface area contributed by atoms with E-state index in [9.17, 15) is 36.4 Å². The van der Waals surface area contributed by atoms with Crippen molar-refractivity contribution in [1.29, 1.82) is 0 Å².